The lowest BCUT2D eigenvalue weighted by molar-refractivity contribution is -0.129. The van der Waals surface area contributed by atoms with Crippen LogP contribution in [0, 0.1) is 11.3 Å². The number of piperidine rings is 1. The number of carbonyl (C=O) groups excluding carboxylic acids is 1. The Bertz CT molecular complexity index is 203. The lowest BCUT2D eigenvalue weighted by atomic mass is 9.75. The molecule has 15 heavy (non-hydrogen) atoms. The molecule has 0 spiro atoms. The van der Waals surface area contributed by atoms with Crippen LogP contribution in [-0.2, 0) is 4.79 Å². The summed E-state index contributed by atoms with van der Waals surface area (Å²) < 4.78 is 0. The molecule has 1 rings (SSSR count). The summed E-state index contributed by atoms with van der Waals surface area (Å²) in [4.78, 5) is 12.2. The van der Waals surface area contributed by atoms with Crippen LogP contribution in [0.15, 0.2) is 0 Å². The Morgan fingerprint density at radius 3 is 2.53 bits per heavy atom. The number of Topliss-reactive ketones (excluding diaryl/α,β-unsaturated/α-hetero) is 1. The zero-order chi connectivity index (χ0) is 11.3. The first-order valence-corrected chi connectivity index (χ1v) is 6.36. The van der Waals surface area contributed by atoms with E-state index in [1.165, 1.54) is 0 Å². The molecule has 0 radical (unpaired) electrons. The summed E-state index contributed by atoms with van der Waals surface area (Å²) in [5.74, 6) is 1.07. The Balaban J connectivity index is 2.50. The van der Waals surface area contributed by atoms with Crippen molar-refractivity contribution in [1.82, 2.24) is 5.32 Å². The molecule has 0 saturated carbocycles. The van der Waals surface area contributed by atoms with Crippen LogP contribution in [0.1, 0.15) is 52.9 Å². The topological polar surface area (TPSA) is 29.1 Å². The Kier molecular flexibility index (Phi) is 4.78. The highest BCUT2D eigenvalue weighted by Crippen LogP contribution is 2.30. The summed E-state index contributed by atoms with van der Waals surface area (Å²) in [6.45, 7) is 8.45. The summed E-state index contributed by atoms with van der Waals surface area (Å²) in [5.41, 5.74) is -0.0825. The Hall–Kier alpha value is -0.370. The zero-order valence-corrected chi connectivity index (χ0v) is 10.4. The third-order valence-electron chi connectivity index (χ3n) is 3.90. The van der Waals surface area contributed by atoms with Crippen molar-refractivity contribution >= 4 is 5.78 Å². The standard InChI is InChI=1S/C13H25NO/c1-4-11(5-2)9-12(15)13(3)7-6-8-14-10-13/h11,14H,4-10H2,1-3H3. The van der Waals surface area contributed by atoms with Crippen LogP contribution in [0.25, 0.3) is 0 Å². The van der Waals surface area contributed by atoms with Crippen molar-refractivity contribution in [3.8, 4) is 0 Å². The number of rotatable bonds is 5. The highest BCUT2D eigenvalue weighted by Gasteiger charge is 2.34. The lowest BCUT2D eigenvalue weighted by Gasteiger charge is -2.33. The van der Waals surface area contributed by atoms with Crippen molar-refractivity contribution < 1.29 is 4.79 Å². The van der Waals surface area contributed by atoms with E-state index in [-0.39, 0.29) is 5.41 Å². The fourth-order valence-electron chi connectivity index (χ4n) is 2.38. The lowest BCUT2D eigenvalue weighted by Crippen LogP contribution is -2.43. The predicted molar refractivity (Wildman–Crippen MR) is 63.9 cm³/mol. The monoisotopic (exact) mass is 211 g/mol. The van der Waals surface area contributed by atoms with E-state index in [0.29, 0.717) is 11.7 Å². The smallest absolute Gasteiger partial charge is 0.140 e. The minimum absolute atomic E-state index is 0.0825. The van der Waals surface area contributed by atoms with Crippen molar-refractivity contribution in [2.75, 3.05) is 13.1 Å². The second kappa shape index (κ2) is 5.64. The van der Waals surface area contributed by atoms with Gasteiger partial charge >= 0.3 is 0 Å². The van der Waals surface area contributed by atoms with Gasteiger partial charge in [0.25, 0.3) is 0 Å². The van der Waals surface area contributed by atoms with Crippen molar-refractivity contribution in [2.24, 2.45) is 11.3 Å². The van der Waals surface area contributed by atoms with Gasteiger partial charge in [-0.3, -0.25) is 4.79 Å². The van der Waals surface area contributed by atoms with Crippen LogP contribution in [-0.4, -0.2) is 18.9 Å². The Labute approximate surface area is 93.8 Å². The van der Waals surface area contributed by atoms with E-state index < -0.39 is 0 Å². The van der Waals surface area contributed by atoms with Gasteiger partial charge in [-0.2, -0.15) is 0 Å². The molecule has 1 saturated heterocycles. The van der Waals surface area contributed by atoms with Crippen molar-refractivity contribution in [3.05, 3.63) is 0 Å². The first-order valence-electron chi connectivity index (χ1n) is 6.36. The third kappa shape index (κ3) is 3.30. The molecule has 0 aromatic rings. The molecule has 2 nitrogen and oxygen atoms in total. The number of nitrogens with one attached hydrogen (secondary N) is 1. The maximum Gasteiger partial charge on any atom is 0.140 e. The van der Waals surface area contributed by atoms with Crippen LogP contribution < -0.4 is 5.32 Å². The SMILES string of the molecule is CCC(CC)CC(=O)C1(C)CCCNC1. The van der Waals surface area contributed by atoms with E-state index in [0.717, 1.165) is 45.2 Å². The van der Waals surface area contributed by atoms with Gasteiger partial charge < -0.3 is 5.32 Å². The Morgan fingerprint density at radius 1 is 1.40 bits per heavy atom. The average molecular weight is 211 g/mol. The average Bonchev–Trinajstić information content (AvgIpc) is 2.26. The van der Waals surface area contributed by atoms with E-state index in [2.05, 4.69) is 26.1 Å². The molecule has 0 bridgehead atoms. The van der Waals surface area contributed by atoms with Crippen LogP contribution in [0.5, 0.6) is 0 Å². The molecule has 1 fully saturated rings. The third-order valence-corrected chi connectivity index (χ3v) is 3.90. The molecule has 88 valence electrons. The van der Waals surface area contributed by atoms with E-state index in [1.807, 2.05) is 0 Å². The fraction of sp³-hybridized carbons (Fsp3) is 0.923. The maximum absolute atomic E-state index is 12.2. The van der Waals surface area contributed by atoms with Gasteiger partial charge in [-0.1, -0.05) is 33.6 Å². The molecule has 1 atom stereocenters. The molecule has 1 aliphatic rings. The quantitative estimate of drug-likeness (QED) is 0.757. The minimum Gasteiger partial charge on any atom is -0.316 e. The summed E-state index contributed by atoms with van der Waals surface area (Å²) >= 11 is 0. The van der Waals surface area contributed by atoms with Gasteiger partial charge in [-0.25, -0.2) is 0 Å². The normalized spacial score (nSPS) is 26.9. The van der Waals surface area contributed by atoms with E-state index in [1.54, 1.807) is 0 Å². The number of ketones is 1. The zero-order valence-electron chi connectivity index (χ0n) is 10.4. The number of hydrogen-bond donors (Lipinski definition) is 1. The minimum atomic E-state index is -0.0825. The van der Waals surface area contributed by atoms with Gasteiger partial charge in [0.15, 0.2) is 0 Å². The largest absolute Gasteiger partial charge is 0.316 e. The van der Waals surface area contributed by atoms with Crippen LogP contribution in [0.3, 0.4) is 0 Å². The summed E-state index contributed by atoms with van der Waals surface area (Å²) in [7, 11) is 0. The molecule has 1 unspecified atom stereocenters. The molecule has 0 aliphatic carbocycles. The molecule has 1 N–H and O–H groups in total. The summed E-state index contributed by atoms with van der Waals surface area (Å²) in [5, 5.41) is 3.34. The van der Waals surface area contributed by atoms with Gasteiger partial charge in [-0.15, -0.1) is 0 Å². The molecular formula is C13H25NO. The van der Waals surface area contributed by atoms with E-state index in [9.17, 15) is 4.79 Å². The van der Waals surface area contributed by atoms with Gasteiger partial charge in [0.1, 0.15) is 5.78 Å². The van der Waals surface area contributed by atoms with Gasteiger partial charge in [0.2, 0.25) is 0 Å². The van der Waals surface area contributed by atoms with Crippen molar-refractivity contribution in [2.45, 2.75) is 52.9 Å². The summed E-state index contributed by atoms with van der Waals surface area (Å²) in [6, 6.07) is 0. The van der Waals surface area contributed by atoms with Crippen molar-refractivity contribution in [1.29, 1.82) is 0 Å². The molecular weight excluding hydrogens is 186 g/mol. The number of hydrogen-bond acceptors (Lipinski definition) is 2. The Morgan fingerprint density at radius 2 is 2.07 bits per heavy atom. The molecule has 0 amide bonds. The first-order chi connectivity index (χ1) is 7.12. The number of carbonyl (C=O) groups is 1. The second-order valence-corrected chi connectivity index (χ2v) is 5.15. The molecule has 0 aromatic carbocycles. The molecule has 0 aromatic heterocycles. The molecule has 2 heteroatoms. The predicted octanol–water partition coefficient (Wildman–Crippen LogP) is 2.77. The van der Waals surface area contributed by atoms with Crippen LogP contribution in [0.2, 0.25) is 0 Å². The molecule has 1 aliphatic heterocycles. The van der Waals surface area contributed by atoms with Gasteiger partial charge in [0, 0.05) is 18.4 Å². The fourth-order valence-corrected chi connectivity index (χ4v) is 2.38. The second-order valence-electron chi connectivity index (χ2n) is 5.15. The maximum atomic E-state index is 12.2. The first kappa shape index (κ1) is 12.7. The van der Waals surface area contributed by atoms with Crippen LogP contribution in [0.4, 0.5) is 0 Å². The summed E-state index contributed by atoms with van der Waals surface area (Å²) in [6.07, 6.45) is 5.26. The highest BCUT2D eigenvalue weighted by atomic mass is 16.1. The van der Waals surface area contributed by atoms with Crippen LogP contribution >= 0.6 is 0 Å². The van der Waals surface area contributed by atoms with Gasteiger partial charge in [-0.05, 0) is 25.3 Å². The van der Waals surface area contributed by atoms with E-state index in [4.69, 9.17) is 0 Å². The van der Waals surface area contributed by atoms with Gasteiger partial charge in [0.05, 0.1) is 0 Å². The highest BCUT2D eigenvalue weighted by molar-refractivity contribution is 5.85. The molecule has 1 heterocycles. The van der Waals surface area contributed by atoms with E-state index >= 15 is 0 Å². The van der Waals surface area contributed by atoms with Crippen molar-refractivity contribution in [3.63, 3.8) is 0 Å².